The summed E-state index contributed by atoms with van der Waals surface area (Å²) in [5.41, 5.74) is 0.364. The van der Waals surface area contributed by atoms with E-state index in [2.05, 4.69) is 0 Å². The number of rotatable bonds is 4. The Hall–Kier alpha value is -3.35. The molecule has 1 aromatic heterocycles. The van der Waals surface area contributed by atoms with E-state index in [-0.39, 0.29) is 45.5 Å². The van der Waals surface area contributed by atoms with Crippen molar-refractivity contribution < 1.29 is 28.8 Å². The van der Waals surface area contributed by atoms with Crippen LogP contribution in [0.1, 0.15) is 5.56 Å². The van der Waals surface area contributed by atoms with Crippen molar-refractivity contribution in [3.8, 4) is 40.1 Å². The summed E-state index contributed by atoms with van der Waals surface area (Å²) in [5, 5.41) is 19.9. The summed E-state index contributed by atoms with van der Waals surface area (Å²) in [6.07, 6.45) is 0. The van der Waals surface area contributed by atoms with Crippen LogP contribution in [-0.4, -0.2) is 31.5 Å². The van der Waals surface area contributed by atoms with E-state index >= 15 is 0 Å². The van der Waals surface area contributed by atoms with Gasteiger partial charge in [-0.25, -0.2) is 0 Å². The van der Waals surface area contributed by atoms with E-state index in [1.54, 1.807) is 19.1 Å². The Kier molecular flexibility index (Phi) is 4.38. The van der Waals surface area contributed by atoms with Crippen molar-refractivity contribution in [2.75, 3.05) is 21.3 Å². The highest BCUT2D eigenvalue weighted by molar-refractivity contribution is 5.95. The Morgan fingerprint density at radius 3 is 2.00 bits per heavy atom. The largest absolute Gasteiger partial charge is 0.508 e. The maximum atomic E-state index is 13.0. The molecule has 3 aromatic rings. The Morgan fingerprint density at radius 1 is 0.885 bits per heavy atom. The molecule has 0 aliphatic rings. The van der Waals surface area contributed by atoms with Crippen LogP contribution in [0.25, 0.3) is 22.3 Å². The Balaban J connectivity index is 2.50. The van der Waals surface area contributed by atoms with E-state index in [9.17, 15) is 15.0 Å². The van der Waals surface area contributed by atoms with Crippen LogP contribution >= 0.6 is 0 Å². The van der Waals surface area contributed by atoms with Crippen LogP contribution in [0.15, 0.2) is 33.5 Å². The summed E-state index contributed by atoms with van der Waals surface area (Å²) in [4.78, 5) is 13.0. The van der Waals surface area contributed by atoms with Crippen LogP contribution in [0.4, 0.5) is 0 Å². The molecule has 0 bridgehead atoms. The number of aromatic hydroxyl groups is 2. The minimum Gasteiger partial charge on any atom is -0.508 e. The van der Waals surface area contributed by atoms with Gasteiger partial charge in [0.1, 0.15) is 16.9 Å². The van der Waals surface area contributed by atoms with Crippen LogP contribution in [-0.2, 0) is 0 Å². The fourth-order valence-corrected chi connectivity index (χ4v) is 2.88. The van der Waals surface area contributed by atoms with Gasteiger partial charge >= 0.3 is 0 Å². The van der Waals surface area contributed by atoms with Crippen LogP contribution in [0.2, 0.25) is 0 Å². The van der Waals surface area contributed by atoms with E-state index in [4.69, 9.17) is 18.6 Å². The minimum atomic E-state index is -0.543. The molecule has 7 heteroatoms. The average Bonchev–Trinajstić information content (AvgIpc) is 2.64. The number of ether oxygens (including phenoxy) is 3. The molecule has 0 fully saturated rings. The lowest BCUT2D eigenvalue weighted by molar-refractivity contribution is 0.345. The number of methoxy groups -OCH3 is 3. The number of hydrogen-bond acceptors (Lipinski definition) is 7. The van der Waals surface area contributed by atoms with Crippen molar-refractivity contribution >= 4 is 11.0 Å². The topological polar surface area (TPSA) is 98.4 Å². The molecule has 0 saturated carbocycles. The van der Waals surface area contributed by atoms with E-state index in [0.717, 1.165) is 0 Å². The predicted molar refractivity (Wildman–Crippen MR) is 95.6 cm³/mol. The molecule has 2 N–H and O–H groups in total. The smallest absolute Gasteiger partial charge is 0.239 e. The van der Waals surface area contributed by atoms with Gasteiger partial charge in [-0.3, -0.25) is 4.79 Å². The first-order valence-corrected chi connectivity index (χ1v) is 7.72. The quantitative estimate of drug-likeness (QED) is 0.739. The zero-order valence-corrected chi connectivity index (χ0v) is 14.7. The molecule has 1 heterocycles. The van der Waals surface area contributed by atoms with Gasteiger partial charge in [-0.15, -0.1) is 0 Å². The third-order valence-electron chi connectivity index (χ3n) is 4.16. The normalized spacial score (nSPS) is 10.8. The third-order valence-corrected chi connectivity index (χ3v) is 4.16. The molecule has 0 saturated heterocycles. The number of phenolic OH excluding ortho intramolecular Hbond substituents is 2. The summed E-state index contributed by atoms with van der Waals surface area (Å²) in [6.45, 7) is 1.61. The monoisotopic (exact) mass is 358 g/mol. The highest BCUT2D eigenvalue weighted by Crippen LogP contribution is 2.46. The van der Waals surface area contributed by atoms with Gasteiger partial charge in [-0.2, -0.15) is 0 Å². The van der Waals surface area contributed by atoms with Crippen molar-refractivity contribution in [3.63, 3.8) is 0 Å². The lowest BCUT2D eigenvalue weighted by Gasteiger charge is -2.16. The second-order valence-corrected chi connectivity index (χ2v) is 5.58. The summed E-state index contributed by atoms with van der Waals surface area (Å²) in [5.74, 6) is 0.351. The van der Waals surface area contributed by atoms with Crippen LogP contribution in [0.5, 0.6) is 28.7 Å². The van der Waals surface area contributed by atoms with Crippen LogP contribution in [0, 0.1) is 6.92 Å². The Bertz CT molecular complexity index is 1030. The molecule has 3 rings (SSSR count). The molecule has 0 aliphatic carbocycles. The summed E-state index contributed by atoms with van der Waals surface area (Å²) in [6, 6.07) is 6.09. The number of fused-ring (bicyclic) bond motifs is 1. The average molecular weight is 358 g/mol. The predicted octanol–water partition coefficient (Wildman–Crippen LogP) is 3.21. The van der Waals surface area contributed by atoms with E-state index < -0.39 is 5.43 Å². The fraction of sp³-hybridized carbons (Fsp3) is 0.211. The highest BCUT2D eigenvalue weighted by atomic mass is 16.5. The Labute approximate surface area is 149 Å². The minimum absolute atomic E-state index is 0.0429. The molecular weight excluding hydrogens is 340 g/mol. The van der Waals surface area contributed by atoms with E-state index in [1.807, 2.05) is 0 Å². The van der Waals surface area contributed by atoms with Gasteiger partial charge in [0.25, 0.3) is 0 Å². The molecule has 0 unspecified atom stereocenters. The summed E-state index contributed by atoms with van der Waals surface area (Å²) >= 11 is 0. The van der Waals surface area contributed by atoms with Gasteiger partial charge in [0.15, 0.2) is 17.1 Å². The fourth-order valence-electron chi connectivity index (χ4n) is 2.88. The maximum absolute atomic E-state index is 13.0. The molecule has 26 heavy (non-hydrogen) atoms. The number of hydrogen-bond donors (Lipinski definition) is 2. The van der Waals surface area contributed by atoms with Crippen molar-refractivity contribution in [2.24, 2.45) is 0 Å². The Morgan fingerprint density at radius 2 is 1.46 bits per heavy atom. The lowest BCUT2D eigenvalue weighted by Crippen LogP contribution is -2.09. The van der Waals surface area contributed by atoms with Crippen LogP contribution in [0.3, 0.4) is 0 Å². The first-order chi connectivity index (χ1) is 12.4. The molecule has 0 atom stereocenters. The maximum Gasteiger partial charge on any atom is 0.239 e. The van der Waals surface area contributed by atoms with Gasteiger partial charge in [0.2, 0.25) is 16.9 Å². The first-order valence-electron chi connectivity index (χ1n) is 7.72. The summed E-state index contributed by atoms with van der Waals surface area (Å²) in [7, 11) is 4.18. The highest BCUT2D eigenvalue weighted by Gasteiger charge is 2.26. The van der Waals surface area contributed by atoms with Crippen molar-refractivity contribution in [3.05, 3.63) is 40.1 Å². The second kappa shape index (κ2) is 6.51. The molecule has 2 aromatic carbocycles. The molecule has 7 nitrogen and oxygen atoms in total. The van der Waals surface area contributed by atoms with Gasteiger partial charge in [-0.1, -0.05) is 0 Å². The zero-order chi connectivity index (χ0) is 19.0. The number of benzene rings is 2. The molecule has 0 spiro atoms. The van der Waals surface area contributed by atoms with Gasteiger partial charge in [0, 0.05) is 11.1 Å². The molecule has 0 amide bonds. The SMILES string of the molecule is COc1c(C)c(O)c2c(=O)c(OC)c(-c3ccc(O)cc3)oc2c1OC. The second-order valence-electron chi connectivity index (χ2n) is 5.58. The molecule has 136 valence electrons. The summed E-state index contributed by atoms with van der Waals surface area (Å²) < 4.78 is 21.8. The van der Waals surface area contributed by atoms with Gasteiger partial charge < -0.3 is 28.8 Å². The lowest BCUT2D eigenvalue weighted by atomic mass is 10.1. The van der Waals surface area contributed by atoms with Gasteiger partial charge in [0.05, 0.1) is 21.3 Å². The van der Waals surface area contributed by atoms with Gasteiger partial charge in [-0.05, 0) is 31.2 Å². The van der Waals surface area contributed by atoms with Crippen LogP contribution < -0.4 is 19.6 Å². The first kappa shape index (κ1) is 17.5. The van der Waals surface area contributed by atoms with Crippen molar-refractivity contribution in [2.45, 2.75) is 6.92 Å². The van der Waals surface area contributed by atoms with E-state index in [0.29, 0.717) is 11.1 Å². The standard InChI is InChI=1S/C19H18O7/c1-9-13(21)12-14(22)18(24-3)16(10-5-7-11(20)8-6-10)26-17(12)19(25-4)15(9)23-2/h5-8,20-21H,1-4H3. The number of phenols is 2. The molecule has 0 radical (unpaired) electrons. The van der Waals surface area contributed by atoms with E-state index in [1.165, 1.54) is 33.5 Å². The zero-order valence-electron chi connectivity index (χ0n) is 14.7. The van der Waals surface area contributed by atoms with Crippen molar-refractivity contribution in [1.29, 1.82) is 0 Å². The molecular formula is C19H18O7. The van der Waals surface area contributed by atoms with Crippen molar-refractivity contribution in [1.82, 2.24) is 0 Å². The third kappa shape index (κ3) is 2.48. The molecule has 0 aliphatic heterocycles.